The van der Waals surface area contributed by atoms with E-state index in [1.807, 2.05) is 36.7 Å². The lowest BCUT2D eigenvalue weighted by atomic mass is 10.2. The summed E-state index contributed by atoms with van der Waals surface area (Å²) in [7, 11) is -1.82. The van der Waals surface area contributed by atoms with Crippen molar-refractivity contribution in [3.8, 4) is 5.75 Å². The third-order valence-corrected chi connectivity index (χ3v) is 4.48. The monoisotopic (exact) mass is 316 g/mol. The lowest BCUT2D eigenvalue weighted by Gasteiger charge is -2.08. The summed E-state index contributed by atoms with van der Waals surface area (Å²) in [5, 5.41) is 0. The van der Waals surface area contributed by atoms with Crippen LogP contribution >= 0.6 is 0 Å². The van der Waals surface area contributed by atoms with Crippen LogP contribution in [0.5, 0.6) is 5.75 Å². The molecular formula is C16H16N2O3S. The first-order chi connectivity index (χ1) is 10.4. The predicted octanol–water partition coefficient (Wildman–Crippen LogP) is 2.79. The second kappa shape index (κ2) is 5.46. The minimum Gasteiger partial charge on any atom is -0.382 e. The zero-order chi connectivity index (χ0) is 15.7. The molecule has 0 unspecified atom stereocenters. The first kappa shape index (κ1) is 14.6. The van der Waals surface area contributed by atoms with Crippen LogP contribution in [0, 0.1) is 6.92 Å². The van der Waals surface area contributed by atoms with E-state index in [9.17, 15) is 8.42 Å². The van der Waals surface area contributed by atoms with E-state index in [1.165, 1.54) is 0 Å². The van der Waals surface area contributed by atoms with Crippen molar-refractivity contribution in [2.24, 2.45) is 7.05 Å². The van der Waals surface area contributed by atoms with Crippen LogP contribution in [-0.4, -0.2) is 18.0 Å². The van der Waals surface area contributed by atoms with Gasteiger partial charge in [-0.25, -0.2) is 4.98 Å². The summed E-state index contributed by atoms with van der Waals surface area (Å²) >= 11 is 0. The summed E-state index contributed by atoms with van der Waals surface area (Å²) in [5.74, 6) is 0.119. The van der Waals surface area contributed by atoms with Gasteiger partial charge in [-0.05, 0) is 24.6 Å². The molecule has 1 aromatic heterocycles. The van der Waals surface area contributed by atoms with Gasteiger partial charge in [0, 0.05) is 13.1 Å². The van der Waals surface area contributed by atoms with Crippen molar-refractivity contribution in [3.05, 3.63) is 59.9 Å². The fourth-order valence-corrected chi connectivity index (χ4v) is 3.39. The molecule has 0 aliphatic rings. The molecule has 3 rings (SSSR count). The van der Waals surface area contributed by atoms with Crippen LogP contribution < -0.4 is 4.18 Å². The van der Waals surface area contributed by atoms with Crippen LogP contribution in [0.4, 0.5) is 0 Å². The number of nitrogens with zero attached hydrogens (tertiary/aromatic N) is 2. The number of aromatic nitrogens is 2. The van der Waals surface area contributed by atoms with Crippen LogP contribution in [0.25, 0.3) is 11.0 Å². The molecule has 0 aliphatic heterocycles. The maximum Gasteiger partial charge on any atom is 0.313 e. The normalized spacial score (nSPS) is 11.7. The van der Waals surface area contributed by atoms with Gasteiger partial charge >= 0.3 is 10.1 Å². The average molecular weight is 316 g/mol. The zero-order valence-corrected chi connectivity index (χ0v) is 13.2. The molecule has 5 nitrogen and oxygen atoms in total. The van der Waals surface area contributed by atoms with Gasteiger partial charge < -0.3 is 8.75 Å². The molecule has 22 heavy (non-hydrogen) atoms. The van der Waals surface area contributed by atoms with Crippen LogP contribution in [-0.2, 0) is 22.9 Å². The molecule has 0 spiro atoms. The van der Waals surface area contributed by atoms with Crippen molar-refractivity contribution in [1.82, 2.24) is 9.55 Å². The second-order valence-corrected chi connectivity index (χ2v) is 6.85. The Kier molecular flexibility index (Phi) is 3.62. The van der Waals surface area contributed by atoms with Crippen molar-refractivity contribution in [1.29, 1.82) is 0 Å². The lowest BCUT2D eigenvalue weighted by Crippen LogP contribution is -2.12. The Morgan fingerprint density at radius 3 is 2.77 bits per heavy atom. The second-order valence-electron chi connectivity index (χ2n) is 5.28. The maximum absolute atomic E-state index is 12.2. The average Bonchev–Trinajstić information content (AvgIpc) is 2.79. The SMILES string of the molecule is Cc1cccc(CS(=O)(=O)Oc2ccc3c(c2)ncn3C)c1. The molecular weight excluding hydrogens is 300 g/mol. The number of imidazole rings is 1. The van der Waals surface area contributed by atoms with E-state index in [1.54, 1.807) is 30.6 Å². The Morgan fingerprint density at radius 2 is 2.00 bits per heavy atom. The molecule has 0 saturated heterocycles. The quantitative estimate of drug-likeness (QED) is 0.694. The third kappa shape index (κ3) is 3.12. The molecule has 0 aliphatic carbocycles. The molecule has 0 N–H and O–H groups in total. The van der Waals surface area contributed by atoms with Crippen molar-refractivity contribution in [2.45, 2.75) is 12.7 Å². The summed E-state index contributed by atoms with van der Waals surface area (Å²) in [6.07, 6.45) is 1.68. The zero-order valence-electron chi connectivity index (χ0n) is 12.4. The smallest absolute Gasteiger partial charge is 0.313 e. The Morgan fingerprint density at radius 1 is 1.18 bits per heavy atom. The minimum atomic E-state index is -3.70. The first-order valence-electron chi connectivity index (χ1n) is 6.82. The number of benzene rings is 2. The largest absolute Gasteiger partial charge is 0.382 e. The molecule has 1 heterocycles. The molecule has 0 bridgehead atoms. The van der Waals surface area contributed by atoms with E-state index in [0.717, 1.165) is 11.1 Å². The molecule has 0 amide bonds. The molecule has 6 heteroatoms. The van der Waals surface area contributed by atoms with Gasteiger partial charge in [-0.2, -0.15) is 8.42 Å². The van der Waals surface area contributed by atoms with Gasteiger partial charge in [0.25, 0.3) is 0 Å². The highest BCUT2D eigenvalue weighted by Crippen LogP contribution is 2.21. The molecule has 2 aromatic carbocycles. The van der Waals surface area contributed by atoms with Gasteiger partial charge in [0.1, 0.15) is 11.5 Å². The standard InChI is InChI=1S/C16H16N2O3S/c1-12-4-3-5-13(8-12)10-22(19,20)21-14-6-7-16-15(9-14)17-11-18(16)2/h3-9,11H,10H2,1-2H3. The van der Waals surface area contributed by atoms with Gasteiger partial charge in [-0.15, -0.1) is 0 Å². The van der Waals surface area contributed by atoms with Crippen molar-refractivity contribution >= 4 is 21.2 Å². The van der Waals surface area contributed by atoms with Crippen molar-refractivity contribution in [2.75, 3.05) is 0 Å². The summed E-state index contributed by atoms with van der Waals surface area (Å²) in [5.41, 5.74) is 3.34. The molecule has 114 valence electrons. The highest BCUT2D eigenvalue weighted by molar-refractivity contribution is 7.86. The van der Waals surface area contributed by atoms with Crippen molar-refractivity contribution < 1.29 is 12.6 Å². The number of rotatable bonds is 4. The number of hydrogen-bond acceptors (Lipinski definition) is 4. The van der Waals surface area contributed by atoms with E-state index in [-0.39, 0.29) is 11.5 Å². The number of fused-ring (bicyclic) bond motifs is 1. The van der Waals surface area contributed by atoms with E-state index in [0.29, 0.717) is 11.1 Å². The summed E-state index contributed by atoms with van der Waals surface area (Å²) < 4.78 is 31.4. The van der Waals surface area contributed by atoms with Gasteiger partial charge in [-0.3, -0.25) is 0 Å². The molecule has 3 aromatic rings. The Bertz CT molecular complexity index is 929. The Labute approximate surface area is 129 Å². The first-order valence-corrected chi connectivity index (χ1v) is 8.39. The van der Waals surface area contributed by atoms with E-state index in [4.69, 9.17) is 4.18 Å². The van der Waals surface area contributed by atoms with E-state index in [2.05, 4.69) is 4.98 Å². The molecule has 0 fully saturated rings. The Hall–Kier alpha value is -2.34. The lowest BCUT2D eigenvalue weighted by molar-refractivity contribution is 0.485. The Balaban J connectivity index is 1.83. The summed E-state index contributed by atoms with van der Waals surface area (Å²) in [4.78, 5) is 4.19. The fraction of sp³-hybridized carbons (Fsp3) is 0.188. The topological polar surface area (TPSA) is 61.2 Å². The van der Waals surface area contributed by atoms with Crippen LogP contribution in [0.1, 0.15) is 11.1 Å². The van der Waals surface area contributed by atoms with Gasteiger partial charge in [0.15, 0.2) is 0 Å². The van der Waals surface area contributed by atoms with Gasteiger partial charge in [0.2, 0.25) is 0 Å². The predicted molar refractivity (Wildman–Crippen MR) is 85.1 cm³/mol. The van der Waals surface area contributed by atoms with Crippen LogP contribution in [0.3, 0.4) is 0 Å². The van der Waals surface area contributed by atoms with Gasteiger partial charge in [0.05, 0.1) is 17.4 Å². The minimum absolute atomic E-state index is 0.158. The maximum atomic E-state index is 12.2. The summed E-state index contributed by atoms with van der Waals surface area (Å²) in [6.45, 7) is 1.92. The molecule has 0 saturated carbocycles. The van der Waals surface area contributed by atoms with E-state index >= 15 is 0 Å². The van der Waals surface area contributed by atoms with E-state index < -0.39 is 10.1 Å². The van der Waals surface area contributed by atoms with Crippen LogP contribution in [0.2, 0.25) is 0 Å². The summed E-state index contributed by atoms with van der Waals surface area (Å²) in [6, 6.07) is 12.4. The highest BCUT2D eigenvalue weighted by atomic mass is 32.2. The number of aryl methyl sites for hydroxylation is 2. The molecule has 0 atom stereocenters. The van der Waals surface area contributed by atoms with Gasteiger partial charge in [-0.1, -0.05) is 29.8 Å². The molecule has 0 radical (unpaired) electrons. The van der Waals surface area contributed by atoms with Crippen LogP contribution in [0.15, 0.2) is 48.8 Å². The third-order valence-electron chi connectivity index (χ3n) is 3.35. The van der Waals surface area contributed by atoms with Crippen molar-refractivity contribution in [3.63, 3.8) is 0 Å². The fourth-order valence-electron chi connectivity index (χ4n) is 2.35. The highest BCUT2D eigenvalue weighted by Gasteiger charge is 2.15. The number of hydrogen-bond donors (Lipinski definition) is 0.